The predicted octanol–water partition coefficient (Wildman–Crippen LogP) is 1.12. The van der Waals surface area contributed by atoms with E-state index in [0.29, 0.717) is 0 Å². The van der Waals surface area contributed by atoms with E-state index in [0.717, 1.165) is 26.3 Å². The normalized spacial score (nSPS) is 21.3. The molecule has 1 aliphatic heterocycles. The van der Waals surface area contributed by atoms with Crippen LogP contribution >= 0.6 is 0 Å². The molecule has 62 valence electrons. The molecule has 0 aromatic heterocycles. The van der Waals surface area contributed by atoms with Crippen LogP contribution < -0.4 is 0 Å². The van der Waals surface area contributed by atoms with E-state index in [1.165, 1.54) is 30.3 Å². The molecule has 0 atom stereocenters. The van der Waals surface area contributed by atoms with E-state index in [1.807, 2.05) is 0 Å². The molecule has 1 fully saturated rings. The molecule has 0 aromatic rings. The fraction of sp³-hybridized carbons (Fsp3) is 1.00. The van der Waals surface area contributed by atoms with E-state index in [2.05, 4.69) is 11.8 Å². The van der Waals surface area contributed by atoms with E-state index >= 15 is 0 Å². The Kier molecular flexibility index (Phi) is 7.36. The Morgan fingerprint density at radius 3 is 2.10 bits per heavy atom. The van der Waals surface area contributed by atoms with Crippen LogP contribution in [0.2, 0.25) is 10.6 Å². The van der Waals surface area contributed by atoms with Gasteiger partial charge in [-0.25, -0.2) is 0 Å². The molecule has 3 heteroatoms. The first kappa shape index (κ1) is 11.0. The Morgan fingerprint density at radius 1 is 1.20 bits per heavy atom. The molecule has 0 amide bonds. The van der Waals surface area contributed by atoms with Gasteiger partial charge in [0, 0.05) is 0 Å². The zero-order valence-corrected chi connectivity index (χ0v) is 9.23. The van der Waals surface area contributed by atoms with Gasteiger partial charge < -0.3 is 0 Å². The van der Waals surface area contributed by atoms with Crippen molar-refractivity contribution >= 4 is 26.3 Å². The molecule has 10 heavy (non-hydrogen) atoms. The molecule has 1 aliphatic rings. The summed E-state index contributed by atoms with van der Waals surface area (Å²) in [6.45, 7) is 6.31. The number of hydrogen-bond acceptors (Lipinski definition) is 1. The second-order valence-corrected chi connectivity index (χ2v) is 9.92. The van der Waals surface area contributed by atoms with E-state index in [1.54, 1.807) is 0 Å². The predicted molar refractivity (Wildman–Crippen MR) is 50.0 cm³/mol. The van der Waals surface area contributed by atoms with Crippen molar-refractivity contribution in [2.45, 2.75) is 25.0 Å². The van der Waals surface area contributed by atoms with Gasteiger partial charge in [0.2, 0.25) is 0 Å². The van der Waals surface area contributed by atoms with Crippen molar-refractivity contribution < 1.29 is 0 Å². The van der Waals surface area contributed by atoms with E-state index in [-0.39, 0.29) is 7.43 Å². The van der Waals surface area contributed by atoms with Crippen LogP contribution in [0.15, 0.2) is 0 Å². The third-order valence-corrected chi connectivity index (χ3v) is 8.78. The van der Waals surface area contributed by atoms with Crippen LogP contribution in [0, 0.1) is 0 Å². The van der Waals surface area contributed by atoms with Crippen molar-refractivity contribution in [1.29, 1.82) is 0 Å². The van der Waals surface area contributed by atoms with Crippen LogP contribution in [-0.4, -0.2) is 50.8 Å². The molecule has 0 radical (unpaired) electrons. The first-order chi connectivity index (χ1) is 4.43. The molecule has 0 saturated carbocycles. The van der Waals surface area contributed by atoms with Gasteiger partial charge in [-0.3, -0.25) is 0 Å². The zero-order chi connectivity index (χ0) is 6.53. The fourth-order valence-corrected chi connectivity index (χ4v) is 6.96. The van der Waals surface area contributed by atoms with Gasteiger partial charge in [-0.05, 0) is 0 Å². The molecule has 0 spiro atoms. The standard InChI is InChI=1S/C6H13NSe2.CH4/c1-2-7-3-5-8-9-6-4-7;/h2-6H2,1H3;1H4. The average Bonchev–Trinajstić information content (AvgIpc) is 2.13. The molecule has 1 saturated heterocycles. The molecular weight excluding hydrogens is 256 g/mol. The summed E-state index contributed by atoms with van der Waals surface area (Å²) in [5.74, 6) is 0. The summed E-state index contributed by atoms with van der Waals surface area (Å²) >= 11 is 2.08. The second-order valence-electron chi connectivity index (χ2n) is 2.08. The number of rotatable bonds is 1. The molecule has 0 aromatic carbocycles. The zero-order valence-electron chi connectivity index (χ0n) is 5.80. The van der Waals surface area contributed by atoms with Crippen LogP contribution in [0.4, 0.5) is 0 Å². The Bertz CT molecular complexity index is 70.0. The molecule has 1 nitrogen and oxygen atoms in total. The molecule has 1 rings (SSSR count). The molecule has 1 heterocycles. The van der Waals surface area contributed by atoms with Gasteiger partial charge in [0.1, 0.15) is 0 Å². The third kappa shape index (κ3) is 4.00. The minimum absolute atomic E-state index is 0. The van der Waals surface area contributed by atoms with Gasteiger partial charge in [0.15, 0.2) is 0 Å². The molecule has 0 aliphatic carbocycles. The summed E-state index contributed by atoms with van der Waals surface area (Å²) in [5, 5.41) is 3.03. The van der Waals surface area contributed by atoms with Gasteiger partial charge in [0.25, 0.3) is 0 Å². The summed E-state index contributed by atoms with van der Waals surface area (Å²) in [6.07, 6.45) is 0. The first-order valence-electron chi connectivity index (χ1n) is 3.40. The van der Waals surface area contributed by atoms with Gasteiger partial charge in [-0.15, -0.1) is 0 Å². The molecule has 0 bridgehead atoms. The average molecular weight is 273 g/mol. The SMILES string of the molecule is C.CCN1CC[Se][Se]CC1. The quantitative estimate of drug-likeness (QED) is 0.647. The summed E-state index contributed by atoms with van der Waals surface area (Å²) < 4.78 is 0. The van der Waals surface area contributed by atoms with Crippen molar-refractivity contribution in [3.63, 3.8) is 0 Å². The number of nitrogens with zero attached hydrogens (tertiary/aromatic N) is 1. The summed E-state index contributed by atoms with van der Waals surface area (Å²) in [5.41, 5.74) is 0. The summed E-state index contributed by atoms with van der Waals surface area (Å²) in [7, 11) is 0. The van der Waals surface area contributed by atoms with Crippen LogP contribution in [0.5, 0.6) is 0 Å². The van der Waals surface area contributed by atoms with Gasteiger partial charge >= 0.3 is 68.4 Å². The van der Waals surface area contributed by atoms with E-state index in [4.69, 9.17) is 0 Å². The van der Waals surface area contributed by atoms with Crippen molar-refractivity contribution in [3.05, 3.63) is 0 Å². The number of hydrogen-bond donors (Lipinski definition) is 0. The van der Waals surface area contributed by atoms with Gasteiger partial charge in [-0.2, -0.15) is 0 Å². The van der Waals surface area contributed by atoms with Crippen molar-refractivity contribution in [1.82, 2.24) is 4.90 Å². The Balaban J connectivity index is 0.000000810. The Morgan fingerprint density at radius 2 is 1.70 bits per heavy atom. The van der Waals surface area contributed by atoms with Crippen LogP contribution in [-0.2, 0) is 0 Å². The second kappa shape index (κ2) is 6.69. The van der Waals surface area contributed by atoms with E-state index in [9.17, 15) is 0 Å². The van der Waals surface area contributed by atoms with Crippen molar-refractivity contribution in [3.8, 4) is 0 Å². The van der Waals surface area contributed by atoms with Crippen LogP contribution in [0.3, 0.4) is 0 Å². The maximum absolute atomic E-state index is 2.58. The molecular formula is C7H17NSe2. The van der Waals surface area contributed by atoms with E-state index < -0.39 is 0 Å². The monoisotopic (exact) mass is 275 g/mol. The van der Waals surface area contributed by atoms with Crippen LogP contribution in [0.1, 0.15) is 14.4 Å². The first-order valence-corrected chi connectivity index (χ1v) is 10.2. The van der Waals surface area contributed by atoms with Gasteiger partial charge in [-0.1, -0.05) is 7.43 Å². The molecule has 0 unspecified atom stereocenters. The van der Waals surface area contributed by atoms with Gasteiger partial charge in [0.05, 0.1) is 0 Å². The fourth-order valence-electron chi connectivity index (χ4n) is 0.879. The third-order valence-electron chi connectivity index (χ3n) is 1.51. The van der Waals surface area contributed by atoms with Crippen molar-refractivity contribution in [2.75, 3.05) is 19.6 Å². The summed E-state index contributed by atoms with van der Waals surface area (Å²) in [6, 6.07) is 0. The summed E-state index contributed by atoms with van der Waals surface area (Å²) in [4.78, 5) is 2.58. The maximum atomic E-state index is 2.58. The Labute approximate surface area is 75.8 Å². The minimum atomic E-state index is 0. The van der Waals surface area contributed by atoms with Crippen LogP contribution in [0.25, 0.3) is 0 Å². The Hall–Kier alpha value is 0.999. The molecule has 0 N–H and O–H groups in total. The van der Waals surface area contributed by atoms with Crippen molar-refractivity contribution in [2.24, 2.45) is 0 Å². The topological polar surface area (TPSA) is 3.24 Å².